The molecule has 122 valence electrons. The highest BCUT2D eigenvalue weighted by Crippen LogP contribution is 2.18. The number of anilines is 1. The molecule has 2 aromatic rings. The molecule has 0 aliphatic carbocycles. The van der Waals surface area contributed by atoms with Gasteiger partial charge in [0.15, 0.2) is 0 Å². The molecule has 2 rings (SSSR count). The van der Waals surface area contributed by atoms with Crippen LogP contribution in [0.3, 0.4) is 0 Å². The summed E-state index contributed by atoms with van der Waals surface area (Å²) in [6.07, 6.45) is 1.61. The third-order valence-electron chi connectivity index (χ3n) is 3.08. The Morgan fingerprint density at radius 3 is 2.52 bits per heavy atom. The van der Waals surface area contributed by atoms with Gasteiger partial charge in [-0.05, 0) is 18.2 Å². The van der Waals surface area contributed by atoms with Gasteiger partial charge in [-0.2, -0.15) is 0 Å². The molecule has 1 atom stereocenters. The van der Waals surface area contributed by atoms with E-state index in [1.165, 1.54) is 0 Å². The van der Waals surface area contributed by atoms with Crippen LogP contribution < -0.4 is 15.4 Å². The largest absolute Gasteiger partial charge is 0.489 e. The number of hydrogen-bond acceptors (Lipinski definition) is 3. The topological polar surface area (TPSA) is 67.4 Å². The fourth-order valence-corrected chi connectivity index (χ4v) is 2.31. The second-order valence-electron chi connectivity index (χ2n) is 4.92. The van der Waals surface area contributed by atoms with Crippen LogP contribution in [-0.2, 0) is 17.4 Å². The maximum atomic E-state index is 11.9. The number of carbonyl (C=O) groups excluding carboxylic acids is 1. The molecule has 2 N–H and O–H groups in total. The monoisotopic (exact) mass is 332 g/mol. The lowest BCUT2D eigenvalue weighted by Crippen LogP contribution is -2.32. The molecule has 0 unspecified atom stereocenters. The van der Waals surface area contributed by atoms with Gasteiger partial charge >= 0.3 is 6.03 Å². The van der Waals surface area contributed by atoms with E-state index in [9.17, 15) is 9.00 Å². The summed E-state index contributed by atoms with van der Waals surface area (Å²) in [5.41, 5.74) is 1.57. The summed E-state index contributed by atoms with van der Waals surface area (Å²) >= 11 is 0. The third kappa shape index (κ3) is 6.12. The predicted octanol–water partition coefficient (Wildman–Crippen LogP) is 2.77. The molecule has 0 saturated carbocycles. The normalized spacial score (nSPS) is 11.5. The van der Waals surface area contributed by atoms with E-state index in [0.29, 0.717) is 24.6 Å². The molecule has 0 aromatic heterocycles. The van der Waals surface area contributed by atoms with Crippen molar-refractivity contribution < 1.29 is 13.7 Å². The minimum Gasteiger partial charge on any atom is -0.489 e. The highest BCUT2D eigenvalue weighted by atomic mass is 32.2. The van der Waals surface area contributed by atoms with Gasteiger partial charge in [0.1, 0.15) is 12.4 Å². The second-order valence-corrected chi connectivity index (χ2v) is 6.47. The van der Waals surface area contributed by atoms with Crippen LogP contribution in [0.25, 0.3) is 0 Å². The van der Waals surface area contributed by atoms with E-state index in [0.717, 1.165) is 11.3 Å². The first-order chi connectivity index (χ1) is 11.1. The molecular formula is C17H20N2O3S. The summed E-state index contributed by atoms with van der Waals surface area (Å²) in [7, 11) is -0.920. The standard InChI is InChI=1S/C17H20N2O3S/c1-23(21)12-11-18-17(20)19-16-10-6-5-7-14(16)13-22-15-8-3-2-4-9-15/h2-10H,11-13H2,1H3,(H2,18,19,20)/t23-/m1/s1. The van der Waals surface area contributed by atoms with Crippen molar-refractivity contribution in [3.8, 4) is 5.75 Å². The molecule has 23 heavy (non-hydrogen) atoms. The summed E-state index contributed by atoms with van der Waals surface area (Å²) in [6, 6.07) is 16.7. The maximum absolute atomic E-state index is 11.9. The van der Waals surface area contributed by atoms with Crippen LogP contribution in [0.2, 0.25) is 0 Å². The van der Waals surface area contributed by atoms with E-state index < -0.39 is 10.8 Å². The van der Waals surface area contributed by atoms with Gasteiger partial charge in [-0.15, -0.1) is 0 Å². The number of benzene rings is 2. The SMILES string of the molecule is C[S@@](=O)CCNC(=O)Nc1ccccc1COc1ccccc1. The Balaban J connectivity index is 1.92. The van der Waals surface area contributed by atoms with Crippen molar-refractivity contribution in [3.05, 3.63) is 60.2 Å². The lowest BCUT2D eigenvalue weighted by Gasteiger charge is -2.12. The lowest BCUT2D eigenvalue weighted by atomic mass is 10.2. The summed E-state index contributed by atoms with van der Waals surface area (Å²) in [5, 5.41) is 5.47. The zero-order chi connectivity index (χ0) is 16.5. The number of rotatable bonds is 7. The van der Waals surface area contributed by atoms with Gasteiger partial charge < -0.3 is 15.4 Å². The Morgan fingerprint density at radius 2 is 1.78 bits per heavy atom. The number of carbonyl (C=O) groups is 1. The lowest BCUT2D eigenvalue weighted by molar-refractivity contribution is 0.252. The van der Waals surface area contributed by atoms with Crippen LogP contribution >= 0.6 is 0 Å². The minimum atomic E-state index is -0.920. The van der Waals surface area contributed by atoms with Gasteiger partial charge in [-0.1, -0.05) is 36.4 Å². The van der Waals surface area contributed by atoms with Crippen LogP contribution in [0.5, 0.6) is 5.75 Å². The van der Waals surface area contributed by atoms with Gasteiger partial charge in [-0.25, -0.2) is 4.79 Å². The van der Waals surface area contributed by atoms with E-state index in [1.807, 2.05) is 54.6 Å². The molecule has 0 radical (unpaired) electrons. The van der Waals surface area contributed by atoms with Gasteiger partial charge in [0.2, 0.25) is 0 Å². The van der Waals surface area contributed by atoms with Crippen molar-refractivity contribution in [2.75, 3.05) is 23.9 Å². The summed E-state index contributed by atoms with van der Waals surface area (Å²) in [4.78, 5) is 11.9. The van der Waals surface area contributed by atoms with Crippen molar-refractivity contribution in [1.82, 2.24) is 5.32 Å². The summed E-state index contributed by atoms with van der Waals surface area (Å²) in [6.45, 7) is 0.733. The first kappa shape index (κ1) is 17.0. The molecule has 2 aromatic carbocycles. The Kier molecular flexibility index (Phi) is 6.62. The number of nitrogens with one attached hydrogen (secondary N) is 2. The molecule has 2 amide bonds. The Hall–Kier alpha value is -2.34. The van der Waals surface area contributed by atoms with E-state index >= 15 is 0 Å². The van der Waals surface area contributed by atoms with Crippen LogP contribution in [0.1, 0.15) is 5.56 Å². The Labute approximate surface area is 138 Å². The smallest absolute Gasteiger partial charge is 0.319 e. The van der Waals surface area contributed by atoms with Crippen LogP contribution in [-0.4, -0.2) is 28.8 Å². The van der Waals surface area contributed by atoms with E-state index in [2.05, 4.69) is 10.6 Å². The highest BCUT2D eigenvalue weighted by Gasteiger charge is 2.07. The number of hydrogen-bond donors (Lipinski definition) is 2. The van der Waals surface area contributed by atoms with Crippen molar-refractivity contribution in [3.63, 3.8) is 0 Å². The van der Waals surface area contributed by atoms with E-state index in [1.54, 1.807) is 6.26 Å². The van der Waals surface area contributed by atoms with Gasteiger partial charge in [0.25, 0.3) is 0 Å². The maximum Gasteiger partial charge on any atom is 0.319 e. The number of urea groups is 1. The molecule has 0 saturated heterocycles. The number of para-hydroxylation sites is 2. The third-order valence-corrected chi connectivity index (χ3v) is 3.86. The van der Waals surface area contributed by atoms with Gasteiger partial charge in [-0.3, -0.25) is 4.21 Å². The highest BCUT2D eigenvalue weighted by molar-refractivity contribution is 7.84. The predicted molar refractivity (Wildman–Crippen MR) is 93.2 cm³/mol. The van der Waals surface area contributed by atoms with Crippen molar-refractivity contribution in [2.45, 2.75) is 6.61 Å². The fourth-order valence-electron chi connectivity index (χ4n) is 1.92. The molecule has 0 heterocycles. The Morgan fingerprint density at radius 1 is 1.09 bits per heavy atom. The number of ether oxygens (including phenoxy) is 1. The number of amides is 2. The van der Waals surface area contributed by atoms with Crippen molar-refractivity contribution >= 4 is 22.5 Å². The van der Waals surface area contributed by atoms with Gasteiger partial charge in [0.05, 0.1) is 0 Å². The fraction of sp³-hybridized carbons (Fsp3) is 0.235. The van der Waals surface area contributed by atoms with E-state index in [4.69, 9.17) is 4.74 Å². The second kappa shape index (κ2) is 8.95. The average Bonchev–Trinajstić information content (AvgIpc) is 2.54. The molecule has 6 heteroatoms. The minimum absolute atomic E-state index is 0.317. The molecular weight excluding hydrogens is 312 g/mol. The first-order valence-electron chi connectivity index (χ1n) is 7.26. The average molecular weight is 332 g/mol. The van der Waals surface area contributed by atoms with Crippen LogP contribution in [0, 0.1) is 0 Å². The zero-order valence-electron chi connectivity index (χ0n) is 13.0. The van der Waals surface area contributed by atoms with E-state index in [-0.39, 0.29) is 6.03 Å². The molecule has 0 aliphatic rings. The van der Waals surface area contributed by atoms with Crippen LogP contribution in [0.4, 0.5) is 10.5 Å². The summed E-state index contributed by atoms with van der Waals surface area (Å²) < 4.78 is 16.7. The summed E-state index contributed by atoms with van der Waals surface area (Å²) in [5.74, 6) is 1.21. The molecule has 0 fully saturated rings. The van der Waals surface area contributed by atoms with Gasteiger partial charge in [0, 0.05) is 40.6 Å². The first-order valence-corrected chi connectivity index (χ1v) is 8.98. The molecule has 5 nitrogen and oxygen atoms in total. The van der Waals surface area contributed by atoms with Crippen LogP contribution in [0.15, 0.2) is 54.6 Å². The zero-order valence-corrected chi connectivity index (χ0v) is 13.8. The molecule has 0 spiro atoms. The van der Waals surface area contributed by atoms with Crippen molar-refractivity contribution in [2.24, 2.45) is 0 Å². The molecule has 0 aliphatic heterocycles. The molecule has 0 bridgehead atoms. The Bertz CT molecular complexity index is 662. The quantitative estimate of drug-likeness (QED) is 0.819. The van der Waals surface area contributed by atoms with Crippen molar-refractivity contribution in [1.29, 1.82) is 0 Å².